The zero-order chi connectivity index (χ0) is 16.7. The molecule has 1 aromatic rings. The van der Waals surface area contributed by atoms with E-state index in [4.69, 9.17) is 0 Å². The van der Waals surface area contributed by atoms with Crippen LogP contribution in [-0.4, -0.2) is 42.9 Å². The first-order chi connectivity index (χ1) is 11.1. The lowest BCUT2D eigenvalue weighted by molar-refractivity contribution is -0.141. The van der Waals surface area contributed by atoms with Gasteiger partial charge in [-0.05, 0) is 37.5 Å². The highest BCUT2D eigenvalue weighted by molar-refractivity contribution is 5.97. The largest absolute Gasteiger partial charge is 0.469 e. The number of nitrogens with zero attached hydrogens (tertiary/aromatic N) is 1. The van der Waals surface area contributed by atoms with E-state index >= 15 is 0 Å². The maximum Gasteiger partial charge on any atom is 0.306 e. The van der Waals surface area contributed by atoms with E-state index in [0.29, 0.717) is 11.3 Å². The molecule has 2 amide bonds. The third kappa shape index (κ3) is 5.09. The van der Waals surface area contributed by atoms with Crippen LogP contribution in [0.2, 0.25) is 0 Å². The molecule has 0 radical (unpaired) electrons. The van der Waals surface area contributed by atoms with Crippen LogP contribution in [0.5, 0.6) is 0 Å². The van der Waals surface area contributed by atoms with Gasteiger partial charge in [-0.1, -0.05) is 6.07 Å². The maximum absolute atomic E-state index is 12.4. The summed E-state index contributed by atoms with van der Waals surface area (Å²) in [4.78, 5) is 37.1. The van der Waals surface area contributed by atoms with Crippen LogP contribution in [0.3, 0.4) is 0 Å². The standard InChI is InChI=1S/C17H22N2O4/c1-23-16(21)9-8-15(20)18-14-7-5-6-13(12-14)17(22)19-10-3-2-4-11-19/h5-7,12H,2-4,8-11H2,1H3,(H,18,20). The summed E-state index contributed by atoms with van der Waals surface area (Å²) in [6.07, 6.45) is 3.33. The van der Waals surface area contributed by atoms with Gasteiger partial charge in [-0.25, -0.2) is 0 Å². The van der Waals surface area contributed by atoms with Crippen molar-refractivity contribution in [3.05, 3.63) is 29.8 Å². The van der Waals surface area contributed by atoms with Crippen LogP contribution in [0.4, 0.5) is 5.69 Å². The van der Waals surface area contributed by atoms with Crippen molar-refractivity contribution in [2.45, 2.75) is 32.1 Å². The van der Waals surface area contributed by atoms with Crippen molar-refractivity contribution in [3.8, 4) is 0 Å². The van der Waals surface area contributed by atoms with E-state index in [1.807, 2.05) is 4.90 Å². The Morgan fingerprint density at radius 2 is 1.87 bits per heavy atom. The van der Waals surface area contributed by atoms with Gasteiger partial charge in [0.15, 0.2) is 0 Å². The van der Waals surface area contributed by atoms with Crippen LogP contribution < -0.4 is 5.32 Å². The third-order valence-corrected chi connectivity index (χ3v) is 3.82. The molecule has 1 aliphatic heterocycles. The van der Waals surface area contributed by atoms with Crippen molar-refractivity contribution in [1.82, 2.24) is 4.90 Å². The average molecular weight is 318 g/mol. The molecular weight excluding hydrogens is 296 g/mol. The summed E-state index contributed by atoms with van der Waals surface area (Å²) in [6.45, 7) is 1.57. The van der Waals surface area contributed by atoms with E-state index in [1.54, 1.807) is 24.3 Å². The number of methoxy groups -OCH3 is 1. The van der Waals surface area contributed by atoms with Crippen LogP contribution in [0.1, 0.15) is 42.5 Å². The number of carbonyl (C=O) groups is 3. The Labute approximate surface area is 135 Å². The first-order valence-electron chi connectivity index (χ1n) is 7.86. The molecule has 0 aromatic heterocycles. The quantitative estimate of drug-likeness (QED) is 0.845. The second-order valence-electron chi connectivity index (χ2n) is 5.56. The molecule has 124 valence electrons. The molecule has 2 rings (SSSR count). The number of piperidine rings is 1. The molecule has 1 heterocycles. The lowest BCUT2D eigenvalue weighted by atomic mass is 10.1. The van der Waals surface area contributed by atoms with Crippen LogP contribution in [0.25, 0.3) is 0 Å². The molecule has 6 nitrogen and oxygen atoms in total. The van der Waals surface area contributed by atoms with E-state index in [1.165, 1.54) is 13.5 Å². The third-order valence-electron chi connectivity index (χ3n) is 3.82. The highest BCUT2D eigenvalue weighted by Gasteiger charge is 2.18. The molecule has 23 heavy (non-hydrogen) atoms. The lowest BCUT2D eigenvalue weighted by Crippen LogP contribution is -2.35. The van der Waals surface area contributed by atoms with Gasteiger partial charge in [0.25, 0.3) is 5.91 Å². The van der Waals surface area contributed by atoms with E-state index < -0.39 is 5.97 Å². The second-order valence-corrected chi connectivity index (χ2v) is 5.56. The predicted molar refractivity (Wildman–Crippen MR) is 86.1 cm³/mol. The number of nitrogens with one attached hydrogen (secondary N) is 1. The zero-order valence-electron chi connectivity index (χ0n) is 13.3. The van der Waals surface area contributed by atoms with Gasteiger partial charge in [-0.2, -0.15) is 0 Å². The summed E-state index contributed by atoms with van der Waals surface area (Å²) < 4.78 is 4.50. The molecule has 1 fully saturated rings. The van der Waals surface area contributed by atoms with Gasteiger partial charge in [0.1, 0.15) is 0 Å². The second kappa shape index (κ2) is 8.31. The molecule has 0 unspecified atom stereocenters. The number of ether oxygens (including phenoxy) is 1. The van der Waals surface area contributed by atoms with Gasteiger partial charge in [-0.15, -0.1) is 0 Å². The summed E-state index contributed by atoms with van der Waals surface area (Å²) in [6, 6.07) is 6.89. The average Bonchev–Trinajstić information content (AvgIpc) is 2.60. The Morgan fingerprint density at radius 3 is 2.57 bits per heavy atom. The number of carbonyl (C=O) groups excluding carboxylic acids is 3. The van der Waals surface area contributed by atoms with Crippen LogP contribution >= 0.6 is 0 Å². The maximum atomic E-state index is 12.4. The number of hydrogen-bond acceptors (Lipinski definition) is 4. The Hall–Kier alpha value is -2.37. The van der Waals surface area contributed by atoms with Crippen molar-refractivity contribution in [3.63, 3.8) is 0 Å². The molecule has 1 aromatic carbocycles. The number of hydrogen-bond donors (Lipinski definition) is 1. The SMILES string of the molecule is COC(=O)CCC(=O)Nc1cccc(C(=O)N2CCCCC2)c1. The fraction of sp³-hybridized carbons (Fsp3) is 0.471. The van der Waals surface area contributed by atoms with Gasteiger partial charge in [0, 0.05) is 30.8 Å². The summed E-state index contributed by atoms with van der Waals surface area (Å²) in [7, 11) is 1.29. The molecule has 0 atom stereocenters. The highest BCUT2D eigenvalue weighted by Crippen LogP contribution is 2.16. The van der Waals surface area contributed by atoms with Gasteiger partial charge < -0.3 is 15.0 Å². The molecule has 6 heteroatoms. The number of benzene rings is 1. The fourth-order valence-corrected chi connectivity index (χ4v) is 2.55. The smallest absolute Gasteiger partial charge is 0.306 e. The molecule has 0 aliphatic carbocycles. The molecule has 0 spiro atoms. The summed E-state index contributed by atoms with van der Waals surface area (Å²) >= 11 is 0. The fourth-order valence-electron chi connectivity index (χ4n) is 2.55. The summed E-state index contributed by atoms with van der Waals surface area (Å²) in [5, 5.41) is 2.70. The van der Waals surface area contributed by atoms with Crippen LogP contribution in [0, 0.1) is 0 Å². The lowest BCUT2D eigenvalue weighted by Gasteiger charge is -2.26. The number of likely N-dealkylation sites (tertiary alicyclic amines) is 1. The van der Waals surface area contributed by atoms with Gasteiger partial charge in [0.2, 0.25) is 5.91 Å². The highest BCUT2D eigenvalue weighted by atomic mass is 16.5. The number of rotatable bonds is 5. The van der Waals surface area contributed by atoms with Crippen LogP contribution in [-0.2, 0) is 14.3 Å². The van der Waals surface area contributed by atoms with Crippen molar-refractivity contribution >= 4 is 23.5 Å². The van der Waals surface area contributed by atoms with Crippen molar-refractivity contribution < 1.29 is 19.1 Å². The minimum absolute atomic E-state index is 0.00430. The zero-order valence-corrected chi connectivity index (χ0v) is 13.3. The monoisotopic (exact) mass is 318 g/mol. The number of anilines is 1. The predicted octanol–water partition coefficient (Wildman–Crippen LogP) is 2.20. The molecule has 0 bridgehead atoms. The van der Waals surface area contributed by atoms with Gasteiger partial charge in [0.05, 0.1) is 13.5 Å². The normalized spacial score (nSPS) is 14.2. The Balaban J connectivity index is 1.95. The number of esters is 1. The van der Waals surface area contributed by atoms with Gasteiger partial charge >= 0.3 is 5.97 Å². The van der Waals surface area contributed by atoms with Crippen molar-refractivity contribution in [2.75, 3.05) is 25.5 Å². The molecule has 1 aliphatic rings. The van der Waals surface area contributed by atoms with E-state index in [2.05, 4.69) is 10.1 Å². The minimum atomic E-state index is -0.422. The summed E-state index contributed by atoms with van der Waals surface area (Å²) in [5.74, 6) is -0.706. The first kappa shape index (κ1) is 17.0. The first-order valence-corrected chi connectivity index (χ1v) is 7.86. The Bertz CT molecular complexity index is 580. The number of amides is 2. The van der Waals surface area contributed by atoms with E-state index in [0.717, 1.165) is 25.9 Å². The molecule has 1 saturated heterocycles. The minimum Gasteiger partial charge on any atom is -0.469 e. The Morgan fingerprint density at radius 1 is 1.13 bits per heavy atom. The van der Waals surface area contributed by atoms with Crippen molar-refractivity contribution in [2.24, 2.45) is 0 Å². The Kier molecular flexibility index (Phi) is 6.14. The van der Waals surface area contributed by atoms with Crippen molar-refractivity contribution in [1.29, 1.82) is 0 Å². The molecular formula is C17H22N2O4. The topological polar surface area (TPSA) is 75.7 Å². The van der Waals surface area contributed by atoms with Crippen LogP contribution in [0.15, 0.2) is 24.3 Å². The van der Waals surface area contributed by atoms with E-state index in [-0.39, 0.29) is 24.7 Å². The molecule has 1 N–H and O–H groups in total. The van der Waals surface area contributed by atoms with E-state index in [9.17, 15) is 14.4 Å². The summed E-state index contributed by atoms with van der Waals surface area (Å²) in [5.41, 5.74) is 1.13. The van der Waals surface area contributed by atoms with Gasteiger partial charge in [-0.3, -0.25) is 14.4 Å². The molecule has 0 saturated carbocycles.